The van der Waals surface area contributed by atoms with Crippen molar-refractivity contribution >= 4 is 6.03 Å². The Bertz CT molecular complexity index is 691. The molecule has 0 saturated heterocycles. The van der Waals surface area contributed by atoms with Crippen LogP contribution in [0, 0.1) is 6.92 Å². The Hall–Kier alpha value is -2.56. The number of aryl methyl sites for hydroxylation is 1. The van der Waals surface area contributed by atoms with Crippen molar-refractivity contribution in [2.24, 2.45) is 0 Å². The van der Waals surface area contributed by atoms with Crippen LogP contribution in [-0.4, -0.2) is 24.2 Å². The number of amides is 2. The second-order valence-electron chi connectivity index (χ2n) is 7.10. The predicted molar refractivity (Wildman–Crippen MR) is 99.8 cm³/mol. The van der Waals surface area contributed by atoms with Gasteiger partial charge in [0.05, 0.1) is 6.54 Å². The quantitative estimate of drug-likeness (QED) is 0.790. The van der Waals surface area contributed by atoms with Gasteiger partial charge in [-0.2, -0.15) is 0 Å². The van der Waals surface area contributed by atoms with Gasteiger partial charge >= 0.3 is 6.03 Å². The number of carbonyl (C=O) groups excluding carboxylic acids is 1. The number of ether oxygens (including phenoxy) is 1. The minimum absolute atomic E-state index is 0.130. The van der Waals surface area contributed by atoms with Gasteiger partial charge in [0.2, 0.25) is 0 Å². The van der Waals surface area contributed by atoms with Gasteiger partial charge in [0.15, 0.2) is 0 Å². The van der Waals surface area contributed by atoms with E-state index in [9.17, 15) is 4.79 Å². The fraction of sp³-hybridized carbons (Fsp3) is 0.400. The highest BCUT2D eigenvalue weighted by Crippen LogP contribution is 2.24. The molecule has 1 aromatic carbocycles. The zero-order valence-corrected chi connectivity index (χ0v) is 15.4. The number of nitrogens with zero attached hydrogens (tertiary/aromatic N) is 1. The minimum Gasteiger partial charge on any atom is -0.492 e. The van der Waals surface area contributed by atoms with Gasteiger partial charge in [0.1, 0.15) is 12.4 Å². The van der Waals surface area contributed by atoms with Crippen molar-refractivity contribution < 1.29 is 9.53 Å². The van der Waals surface area contributed by atoms with Crippen LogP contribution in [0.4, 0.5) is 4.79 Å². The summed E-state index contributed by atoms with van der Waals surface area (Å²) in [5, 5.41) is 5.58. The SMILES string of the molecule is Cc1cncc(CNC(=O)NCCOc2ccc(C(C)(C)C)cc2)c1. The number of urea groups is 1. The molecule has 0 fully saturated rings. The minimum atomic E-state index is -0.215. The van der Waals surface area contributed by atoms with Crippen LogP contribution in [0.25, 0.3) is 0 Å². The first-order valence-corrected chi connectivity index (χ1v) is 8.50. The summed E-state index contributed by atoms with van der Waals surface area (Å²) in [6, 6.07) is 9.86. The number of nitrogens with one attached hydrogen (secondary N) is 2. The Balaban J connectivity index is 1.66. The van der Waals surface area contributed by atoms with Gasteiger partial charge in [-0.1, -0.05) is 39.0 Å². The second kappa shape index (κ2) is 8.51. The molecule has 0 aliphatic rings. The van der Waals surface area contributed by atoms with E-state index >= 15 is 0 Å². The molecule has 2 rings (SSSR count). The second-order valence-corrected chi connectivity index (χ2v) is 7.10. The number of hydrogen-bond acceptors (Lipinski definition) is 3. The van der Waals surface area contributed by atoms with E-state index in [1.807, 2.05) is 25.1 Å². The van der Waals surface area contributed by atoms with Crippen molar-refractivity contribution in [2.75, 3.05) is 13.2 Å². The standard InChI is InChI=1S/C20H27N3O2/c1-15-11-16(13-21-12-15)14-23-19(24)22-9-10-25-18-7-5-17(6-8-18)20(2,3)4/h5-8,11-13H,9-10,14H2,1-4H3,(H2,22,23,24). The van der Waals surface area contributed by atoms with Crippen molar-refractivity contribution in [3.8, 4) is 5.75 Å². The molecule has 0 saturated carbocycles. The molecule has 0 bridgehead atoms. The lowest BCUT2D eigenvalue weighted by molar-refractivity contribution is 0.236. The molecule has 25 heavy (non-hydrogen) atoms. The zero-order valence-electron chi connectivity index (χ0n) is 15.4. The molecule has 0 radical (unpaired) electrons. The maximum Gasteiger partial charge on any atom is 0.315 e. The van der Waals surface area contributed by atoms with Crippen LogP contribution in [0.5, 0.6) is 5.75 Å². The molecular formula is C20H27N3O2. The van der Waals surface area contributed by atoms with Gasteiger partial charge in [-0.15, -0.1) is 0 Å². The van der Waals surface area contributed by atoms with E-state index in [2.05, 4.69) is 48.5 Å². The first kappa shape index (κ1) is 18.8. The monoisotopic (exact) mass is 341 g/mol. The Labute approximate surface area is 149 Å². The lowest BCUT2D eigenvalue weighted by Gasteiger charge is -2.19. The van der Waals surface area contributed by atoms with Crippen molar-refractivity contribution in [1.82, 2.24) is 15.6 Å². The Kier molecular flexibility index (Phi) is 6.39. The maximum absolute atomic E-state index is 11.8. The molecule has 1 heterocycles. The predicted octanol–water partition coefficient (Wildman–Crippen LogP) is 3.57. The fourth-order valence-electron chi connectivity index (χ4n) is 2.34. The first-order valence-electron chi connectivity index (χ1n) is 8.50. The summed E-state index contributed by atoms with van der Waals surface area (Å²) >= 11 is 0. The number of carbonyl (C=O) groups is 1. The number of hydrogen-bond donors (Lipinski definition) is 2. The fourth-order valence-corrected chi connectivity index (χ4v) is 2.34. The molecule has 1 aromatic heterocycles. The van der Waals surface area contributed by atoms with Crippen molar-refractivity contribution in [1.29, 1.82) is 0 Å². The number of pyridine rings is 1. The summed E-state index contributed by atoms with van der Waals surface area (Å²) in [7, 11) is 0. The number of rotatable bonds is 6. The van der Waals surface area contributed by atoms with E-state index in [1.54, 1.807) is 12.4 Å². The highest BCUT2D eigenvalue weighted by atomic mass is 16.5. The van der Waals surface area contributed by atoms with Crippen molar-refractivity contribution in [3.05, 3.63) is 59.4 Å². The molecule has 0 atom stereocenters. The van der Waals surface area contributed by atoms with Crippen LogP contribution in [-0.2, 0) is 12.0 Å². The highest BCUT2D eigenvalue weighted by molar-refractivity contribution is 5.73. The molecule has 0 aliphatic carbocycles. The summed E-state index contributed by atoms with van der Waals surface area (Å²) in [4.78, 5) is 15.9. The average molecular weight is 341 g/mol. The first-order chi connectivity index (χ1) is 11.8. The summed E-state index contributed by atoms with van der Waals surface area (Å²) < 4.78 is 5.65. The Morgan fingerprint density at radius 1 is 1.12 bits per heavy atom. The van der Waals surface area contributed by atoms with E-state index in [-0.39, 0.29) is 11.4 Å². The lowest BCUT2D eigenvalue weighted by atomic mass is 9.87. The summed E-state index contributed by atoms with van der Waals surface area (Å²) in [6.07, 6.45) is 3.53. The Morgan fingerprint density at radius 2 is 1.84 bits per heavy atom. The van der Waals surface area contributed by atoms with Gasteiger partial charge in [-0.25, -0.2) is 4.79 Å². The molecule has 2 amide bonds. The maximum atomic E-state index is 11.8. The number of aromatic nitrogens is 1. The van der Waals surface area contributed by atoms with E-state index < -0.39 is 0 Å². The molecular weight excluding hydrogens is 314 g/mol. The van der Waals surface area contributed by atoms with Crippen LogP contribution >= 0.6 is 0 Å². The third-order valence-electron chi connectivity index (χ3n) is 3.76. The molecule has 134 valence electrons. The van der Waals surface area contributed by atoms with Crippen LogP contribution in [0.3, 0.4) is 0 Å². The summed E-state index contributed by atoms with van der Waals surface area (Å²) in [6.45, 7) is 9.83. The topological polar surface area (TPSA) is 63.2 Å². The molecule has 2 N–H and O–H groups in total. The zero-order chi connectivity index (χ0) is 18.3. The summed E-state index contributed by atoms with van der Waals surface area (Å²) in [5.41, 5.74) is 3.45. The number of benzene rings is 1. The van der Waals surface area contributed by atoms with Crippen molar-refractivity contribution in [3.63, 3.8) is 0 Å². The van der Waals surface area contributed by atoms with Gasteiger partial charge in [-0.3, -0.25) is 4.98 Å². The lowest BCUT2D eigenvalue weighted by Crippen LogP contribution is -2.37. The molecule has 5 nitrogen and oxygen atoms in total. The molecule has 5 heteroatoms. The van der Waals surface area contributed by atoms with Crippen molar-refractivity contribution in [2.45, 2.75) is 39.7 Å². The molecule has 2 aromatic rings. The highest BCUT2D eigenvalue weighted by Gasteiger charge is 2.12. The van der Waals surface area contributed by atoms with E-state index in [4.69, 9.17) is 4.74 Å². The van der Waals surface area contributed by atoms with E-state index in [0.717, 1.165) is 16.9 Å². The Morgan fingerprint density at radius 3 is 2.48 bits per heavy atom. The normalized spacial score (nSPS) is 11.0. The van der Waals surface area contributed by atoms with Gasteiger partial charge < -0.3 is 15.4 Å². The van der Waals surface area contributed by atoms with Crippen LogP contribution in [0.1, 0.15) is 37.5 Å². The van der Waals surface area contributed by atoms with E-state index in [0.29, 0.717) is 19.7 Å². The molecule has 0 aliphatic heterocycles. The largest absolute Gasteiger partial charge is 0.492 e. The van der Waals surface area contributed by atoms with Gasteiger partial charge in [-0.05, 0) is 41.2 Å². The summed E-state index contributed by atoms with van der Waals surface area (Å²) in [5.74, 6) is 0.807. The average Bonchev–Trinajstić information content (AvgIpc) is 2.57. The van der Waals surface area contributed by atoms with Crippen LogP contribution in [0.2, 0.25) is 0 Å². The molecule has 0 unspecified atom stereocenters. The molecule has 0 spiro atoms. The third kappa shape index (κ3) is 6.45. The van der Waals surface area contributed by atoms with Crippen LogP contribution < -0.4 is 15.4 Å². The smallest absolute Gasteiger partial charge is 0.315 e. The van der Waals surface area contributed by atoms with Gasteiger partial charge in [0, 0.05) is 18.9 Å². The van der Waals surface area contributed by atoms with Crippen LogP contribution in [0.15, 0.2) is 42.7 Å². The van der Waals surface area contributed by atoms with Gasteiger partial charge in [0.25, 0.3) is 0 Å². The van der Waals surface area contributed by atoms with E-state index in [1.165, 1.54) is 5.56 Å². The third-order valence-corrected chi connectivity index (χ3v) is 3.76.